The van der Waals surface area contributed by atoms with Crippen LogP contribution in [-0.2, 0) is 24.2 Å². The predicted molar refractivity (Wildman–Crippen MR) is 37.2 cm³/mol. The molecule has 0 N–H and O–H groups in total. The topological polar surface area (TPSA) is 69.7 Å². The minimum absolute atomic E-state index is 0.0822. The van der Waals surface area contributed by atoms with E-state index in [1.165, 1.54) is 6.92 Å². The molecule has 0 aromatic carbocycles. The molecule has 5 nitrogen and oxygen atoms in total. The number of hydrogen-bond acceptors (Lipinski definition) is 5. The molecule has 0 unspecified atom stereocenters. The van der Waals surface area contributed by atoms with Crippen molar-refractivity contribution in [2.24, 2.45) is 0 Å². The summed E-state index contributed by atoms with van der Waals surface area (Å²) in [5.74, 6) is -0.918. The molecule has 0 aliphatic heterocycles. The van der Waals surface area contributed by atoms with Gasteiger partial charge in [-0.3, -0.25) is 0 Å². The number of carbonyl (C=O) groups is 1. The third kappa shape index (κ3) is 5.03. The zero-order valence-electron chi connectivity index (χ0n) is 6.61. The summed E-state index contributed by atoms with van der Waals surface area (Å²) >= 11 is 0. The second kappa shape index (κ2) is 4.36. The Bertz CT molecular complexity index is 247. The highest BCUT2D eigenvalue weighted by Crippen LogP contribution is 2.02. The van der Waals surface area contributed by atoms with Gasteiger partial charge in [0.1, 0.15) is 0 Å². The van der Waals surface area contributed by atoms with Gasteiger partial charge in [0.25, 0.3) is 0 Å². The first-order valence-corrected chi connectivity index (χ1v) is 4.47. The Morgan fingerprint density at radius 1 is 1.58 bits per heavy atom. The normalized spacial score (nSPS) is 13.9. The summed E-state index contributed by atoms with van der Waals surface area (Å²) in [6.45, 7) is 2.70. The summed E-state index contributed by atoms with van der Waals surface area (Å²) in [7, 11) is -5.09. The minimum Gasteiger partial charge on any atom is -0.464 e. The Kier molecular flexibility index (Phi) is 4.11. The van der Waals surface area contributed by atoms with Crippen molar-refractivity contribution in [3.63, 3.8) is 0 Å². The molecule has 0 spiro atoms. The second-order valence-corrected chi connectivity index (χ2v) is 2.86. The highest BCUT2D eigenvalue weighted by Gasteiger charge is 2.21. The SMILES string of the molecule is CCOC(=O)[C@@H](C)OS(=O)(=O)F. The van der Waals surface area contributed by atoms with Crippen molar-refractivity contribution >= 4 is 16.5 Å². The fraction of sp³-hybridized carbons (Fsp3) is 0.800. The fourth-order valence-electron chi connectivity index (χ4n) is 0.471. The lowest BCUT2D eigenvalue weighted by Crippen LogP contribution is -2.24. The lowest BCUT2D eigenvalue weighted by Gasteiger charge is -2.07. The van der Waals surface area contributed by atoms with E-state index in [4.69, 9.17) is 0 Å². The van der Waals surface area contributed by atoms with Gasteiger partial charge in [0, 0.05) is 0 Å². The molecule has 0 aromatic rings. The third-order valence-corrected chi connectivity index (χ3v) is 1.40. The molecule has 0 radical (unpaired) electrons. The molecule has 0 saturated heterocycles. The zero-order chi connectivity index (χ0) is 9.78. The molecule has 0 heterocycles. The summed E-state index contributed by atoms with van der Waals surface area (Å²) < 4.78 is 39.5. The molecule has 0 fully saturated rings. The van der Waals surface area contributed by atoms with Crippen LogP contribution >= 0.6 is 0 Å². The van der Waals surface area contributed by atoms with E-state index in [0.29, 0.717) is 0 Å². The molecular formula is C5H9FO5S. The first-order chi connectivity index (χ1) is 5.37. The highest BCUT2D eigenvalue weighted by atomic mass is 32.3. The molecular weight excluding hydrogens is 191 g/mol. The van der Waals surface area contributed by atoms with Crippen LogP contribution in [0.25, 0.3) is 0 Å². The summed E-state index contributed by atoms with van der Waals surface area (Å²) in [4.78, 5) is 10.6. The van der Waals surface area contributed by atoms with Gasteiger partial charge in [0.05, 0.1) is 6.61 Å². The first-order valence-electron chi connectivity index (χ1n) is 3.16. The zero-order valence-corrected chi connectivity index (χ0v) is 7.43. The van der Waals surface area contributed by atoms with Crippen molar-refractivity contribution in [3.8, 4) is 0 Å². The number of ether oxygens (including phenoxy) is 1. The Morgan fingerprint density at radius 3 is 2.42 bits per heavy atom. The van der Waals surface area contributed by atoms with Crippen LogP contribution in [0.1, 0.15) is 13.8 Å². The number of hydrogen-bond donors (Lipinski definition) is 0. The van der Waals surface area contributed by atoms with E-state index < -0.39 is 22.6 Å². The Labute approximate surface area is 69.9 Å². The maximum atomic E-state index is 11.8. The van der Waals surface area contributed by atoms with Gasteiger partial charge in [-0.2, -0.15) is 8.42 Å². The van der Waals surface area contributed by atoms with E-state index in [9.17, 15) is 17.1 Å². The summed E-state index contributed by atoms with van der Waals surface area (Å²) in [6, 6.07) is 0. The van der Waals surface area contributed by atoms with Gasteiger partial charge in [-0.05, 0) is 13.8 Å². The fourth-order valence-corrected chi connectivity index (χ4v) is 0.895. The Balaban J connectivity index is 4.05. The van der Waals surface area contributed by atoms with Gasteiger partial charge in [-0.1, -0.05) is 3.89 Å². The molecule has 0 bridgehead atoms. The van der Waals surface area contributed by atoms with Crippen molar-refractivity contribution in [1.82, 2.24) is 0 Å². The van der Waals surface area contributed by atoms with Crippen LogP contribution in [0.2, 0.25) is 0 Å². The van der Waals surface area contributed by atoms with Crippen molar-refractivity contribution in [1.29, 1.82) is 0 Å². The van der Waals surface area contributed by atoms with Crippen LogP contribution in [0.5, 0.6) is 0 Å². The maximum absolute atomic E-state index is 11.8. The van der Waals surface area contributed by atoms with E-state index in [1.54, 1.807) is 0 Å². The standard InChI is InChI=1S/C5H9FO5S/c1-3-10-5(7)4(2)11-12(6,8)9/h4H,3H2,1-2H3/t4-/m1/s1. The van der Waals surface area contributed by atoms with E-state index in [-0.39, 0.29) is 6.61 Å². The lowest BCUT2D eigenvalue weighted by atomic mass is 10.4. The van der Waals surface area contributed by atoms with Crippen LogP contribution in [0.4, 0.5) is 3.89 Å². The van der Waals surface area contributed by atoms with E-state index in [0.717, 1.165) is 6.92 Å². The lowest BCUT2D eigenvalue weighted by molar-refractivity contribution is -0.150. The maximum Gasteiger partial charge on any atom is 0.438 e. The molecule has 72 valence electrons. The largest absolute Gasteiger partial charge is 0.464 e. The van der Waals surface area contributed by atoms with Crippen molar-refractivity contribution in [3.05, 3.63) is 0 Å². The average Bonchev–Trinajstić information content (AvgIpc) is 1.84. The molecule has 0 aliphatic carbocycles. The van der Waals surface area contributed by atoms with Crippen LogP contribution < -0.4 is 0 Å². The highest BCUT2D eigenvalue weighted by molar-refractivity contribution is 7.81. The molecule has 0 saturated carbocycles. The van der Waals surface area contributed by atoms with Gasteiger partial charge in [0.2, 0.25) is 0 Å². The predicted octanol–water partition coefficient (Wildman–Crippen LogP) is 0.169. The van der Waals surface area contributed by atoms with Gasteiger partial charge in [-0.25, -0.2) is 8.98 Å². The third-order valence-electron chi connectivity index (χ3n) is 0.878. The van der Waals surface area contributed by atoms with E-state index in [2.05, 4.69) is 8.92 Å². The second-order valence-electron chi connectivity index (χ2n) is 1.88. The quantitative estimate of drug-likeness (QED) is 0.478. The molecule has 1 atom stereocenters. The van der Waals surface area contributed by atoms with Crippen molar-refractivity contribution < 1.29 is 26.0 Å². The van der Waals surface area contributed by atoms with Crippen LogP contribution in [-0.4, -0.2) is 27.1 Å². The van der Waals surface area contributed by atoms with Crippen LogP contribution in [0, 0.1) is 0 Å². The smallest absolute Gasteiger partial charge is 0.438 e. The summed E-state index contributed by atoms with van der Waals surface area (Å²) in [5.41, 5.74) is 0. The summed E-state index contributed by atoms with van der Waals surface area (Å²) in [5, 5.41) is 0. The van der Waals surface area contributed by atoms with Crippen molar-refractivity contribution in [2.75, 3.05) is 6.61 Å². The molecule has 0 rings (SSSR count). The molecule has 0 amide bonds. The molecule has 7 heteroatoms. The number of halogens is 1. The average molecular weight is 200 g/mol. The van der Waals surface area contributed by atoms with E-state index >= 15 is 0 Å². The Morgan fingerprint density at radius 2 is 2.08 bits per heavy atom. The van der Waals surface area contributed by atoms with Crippen LogP contribution in [0.15, 0.2) is 0 Å². The van der Waals surface area contributed by atoms with Gasteiger partial charge < -0.3 is 4.74 Å². The first kappa shape index (κ1) is 11.3. The van der Waals surface area contributed by atoms with Gasteiger partial charge in [0.15, 0.2) is 6.10 Å². The number of carbonyl (C=O) groups excluding carboxylic acids is 1. The Hall–Kier alpha value is -0.690. The number of rotatable bonds is 4. The van der Waals surface area contributed by atoms with Crippen molar-refractivity contribution in [2.45, 2.75) is 20.0 Å². The molecule has 12 heavy (non-hydrogen) atoms. The molecule has 0 aromatic heterocycles. The minimum atomic E-state index is -5.09. The monoisotopic (exact) mass is 200 g/mol. The number of esters is 1. The summed E-state index contributed by atoms with van der Waals surface area (Å²) in [6.07, 6.45) is -1.44. The van der Waals surface area contributed by atoms with Gasteiger partial charge >= 0.3 is 16.5 Å². The van der Waals surface area contributed by atoms with Crippen LogP contribution in [0.3, 0.4) is 0 Å². The molecule has 0 aliphatic rings. The van der Waals surface area contributed by atoms with Gasteiger partial charge in [-0.15, -0.1) is 0 Å². The van der Waals surface area contributed by atoms with E-state index in [1.807, 2.05) is 0 Å².